The van der Waals surface area contributed by atoms with Gasteiger partial charge < -0.3 is 10.5 Å². The van der Waals surface area contributed by atoms with Crippen LogP contribution in [0, 0.1) is 0 Å². The maximum atomic E-state index is 6.30. The van der Waals surface area contributed by atoms with Crippen LogP contribution < -0.4 is 5.73 Å². The second-order valence-corrected chi connectivity index (χ2v) is 6.70. The van der Waals surface area contributed by atoms with Gasteiger partial charge in [-0.3, -0.25) is 0 Å². The molecular formula is C17H27NO. The first-order valence-electron chi connectivity index (χ1n) is 7.44. The van der Waals surface area contributed by atoms with Gasteiger partial charge in [0.05, 0.1) is 6.10 Å². The zero-order valence-corrected chi connectivity index (χ0v) is 12.5. The molecule has 2 unspecified atom stereocenters. The monoisotopic (exact) mass is 261 g/mol. The van der Waals surface area contributed by atoms with Gasteiger partial charge in [0.1, 0.15) is 0 Å². The molecular weight excluding hydrogens is 234 g/mol. The van der Waals surface area contributed by atoms with E-state index in [0.29, 0.717) is 6.10 Å². The third kappa shape index (κ3) is 4.05. The third-order valence-corrected chi connectivity index (χ3v) is 4.00. The highest BCUT2D eigenvalue weighted by Gasteiger charge is 2.19. The number of hydrogen-bond donors (Lipinski definition) is 1. The first-order valence-corrected chi connectivity index (χ1v) is 7.44. The summed E-state index contributed by atoms with van der Waals surface area (Å²) in [6, 6.07) is 8.85. The van der Waals surface area contributed by atoms with Gasteiger partial charge in [-0.25, -0.2) is 0 Å². The Morgan fingerprint density at radius 3 is 2.42 bits per heavy atom. The van der Waals surface area contributed by atoms with Crippen molar-refractivity contribution in [1.82, 2.24) is 0 Å². The molecule has 1 aromatic rings. The highest BCUT2D eigenvalue weighted by Crippen LogP contribution is 2.26. The van der Waals surface area contributed by atoms with Crippen LogP contribution in [0.5, 0.6) is 0 Å². The fraction of sp³-hybridized carbons (Fsp3) is 0.647. The zero-order valence-electron chi connectivity index (χ0n) is 12.5. The molecule has 0 amide bonds. The van der Waals surface area contributed by atoms with Crippen molar-refractivity contribution in [2.75, 3.05) is 6.61 Å². The van der Waals surface area contributed by atoms with E-state index < -0.39 is 0 Å². The largest absolute Gasteiger partial charge is 0.378 e. The van der Waals surface area contributed by atoms with E-state index in [1.807, 2.05) is 0 Å². The summed E-state index contributed by atoms with van der Waals surface area (Å²) in [4.78, 5) is 0. The molecule has 2 nitrogen and oxygen atoms in total. The number of nitrogens with two attached hydrogens (primary N) is 1. The standard InChI is InChI=1S/C17H27NO/c1-17(2,3)14-9-7-13(8-10-14)16(18)12-15-6-4-5-11-19-15/h7-10,15-16H,4-6,11-12,18H2,1-3H3. The molecule has 2 N–H and O–H groups in total. The van der Waals surface area contributed by atoms with Crippen molar-refractivity contribution in [2.45, 2.75) is 64.0 Å². The minimum atomic E-state index is 0.0946. The van der Waals surface area contributed by atoms with Crippen LogP contribution in [-0.4, -0.2) is 12.7 Å². The van der Waals surface area contributed by atoms with Gasteiger partial charge in [0.2, 0.25) is 0 Å². The highest BCUT2D eigenvalue weighted by atomic mass is 16.5. The molecule has 0 radical (unpaired) electrons. The molecule has 0 aliphatic carbocycles. The van der Waals surface area contributed by atoms with Crippen molar-refractivity contribution in [3.8, 4) is 0 Å². The summed E-state index contributed by atoms with van der Waals surface area (Å²) < 4.78 is 5.77. The Hall–Kier alpha value is -0.860. The molecule has 2 rings (SSSR count). The van der Waals surface area contributed by atoms with Gasteiger partial charge in [-0.15, -0.1) is 0 Å². The van der Waals surface area contributed by atoms with Gasteiger partial charge in [-0.1, -0.05) is 45.0 Å². The predicted octanol–water partition coefficient (Wildman–Crippen LogP) is 3.94. The van der Waals surface area contributed by atoms with Crippen molar-refractivity contribution in [3.05, 3.63) is 35.4 Å². The molecule has 0 aromatic heterocycles. The van der Waals surface area contributed by atoms with Gasteiger partial charge in [0.25, 0.3) is 0 Å². The van der Waals surface area contributed by atoms with Crippen LogP contribution >= 0.6 is 0 Å². The summed E-state index contributed by atoms with van der Waals surface area (Å²) in [5.41, 5.74) is 9.09. The second-order valence-electron chi connectivity index (χ2n) is 6.70. The van der Waals surface area contributed by atoms with Gasteiger partial charge in [-0.2, -0.15) is 0 Å². The lowest BCUT2D eigenvalue weighted by molar-refractivity contribution is 0.00729. The molecule has 1 aliphatic rings. The van der Waals surface area contributed by atoms with Gasteiger partial charge in [-0.05, 0) is 42.2 Å². The van der Waals surface area contributed by atoms with Crippen LogP contribution in [0.3, 0.4) is 0 Å². The fourth-order valence-electron chi connectivity index (χ4n) is 2.64. The molecule has 1 aromatic carbocycles. The Bertz CT molecular complexity index is 385. The minimum Gasteiger partial charge on any atom is -0.378 e. The molecule has 19 heavy (non-hydrogen) atoms. The Morgan fingerprint density at radius 1 is 1.21 bits per heavy atom. The highest BCUT2D eigenvalue weighted by molar-refractivity contribution is 5.29. The van der Waals surface area contributed by atoms with Crippen LogP contribution in [0.1, 0.15) is 63.6 Å². The van der Waals surface area contributed by atoms with E-state index in [2.05, 4.69) is 45.0 Å². The lowest BCUT2D eigenvalue weighted by atomic mass is 9.86. The van der Waals surface area contributed by atoms with Crippen molar-refractivity contribution in [2.24, 2.45) is 5.73 Å². The molecule has 1 heterocycles. The van der Waals surface area contributed by atoms with E-state index >= 15 is 0 Å². The Kier molecular flexibility index (Phi) is 4.64. The topological polar surface area (TPSA) is 35.2 Å². The quantitative estimate of drug-likeness (QED) is 0.894. The van der Waals surface area contributed by atoms with E-state index in [1.54, 1.807) is 0 Å². The van der Waals surface area contributed by atoms with E-state index in [9.17, 15) is 0 Å². The summed E-state index contributed by atoms with van der Waals surface area (Å²) >= 11 is 0. The lowest BCUT2D eigenvalue weighted by Gasteiger charge is -2.26. The van der Waals surface area contributed by atoms with Crippen LogP contribution in [0.25, 0.3) is 0 Å². The van der Waals surface area contributed by atoms with Gasteiger partial charge >= 0.3 is 0 Å². The minimum absolute atomic E-state index is 0.0946. The van der Waals surface area contributed by atoms with Crippen molar-refractivity contribution >= 4 is 0 Å². The Balaban J connectivity index is 1.97. The zero-order chi connectivity index (χ0) is 13.9. The predicted molar refractivity (Wildman–Crippen MR) is 80.3 cm³/mol. The molecule has 0 spiro atoms. The van der Waals surface area contributed by atoms with Crippen molar-refractivity contribution in [1.29, 1.82) is 0 Å². The van der Waals surface area contributed by atoms with Crippen LogP contribution in [0.2, 0.25) is 0 Å². The van der Waals surface area contributed by atoms with Crippen molar-refractivity contribution < 1.29 is 4.74 Å². The third-order valence-electron chi connectivity index (χ3n) is 4.00. The summed E-state index contributed by atoms with van der Waals surface area (Å²) in [7, 11) is 0. The molecule has 106 valence electrons. The van der Waals surface area contributed by atoms with Crippen LogP contribution in [0.15, 0.2) is 24.3 Å². The van der Waals surface area contributed by atoms with E-state index in [-0.39, 0.29) is 11.5 Å². The Labute approximate surface area is 117 Å². The summed E-state index contributed by atoms with van der Waals surface area (Å²) in [6.45, 7) is 7.60. The molecule has 2 atom stereocenters. The molecule has 1 saturated heterocycles. The van der Waals surface area contributed by atoms with Crippen LogP contribution in [-0.2, 0) is 10.2 Å². The maximum Gasteiger partial charge on any atom is 0.0593 e. The first-order chi connectivity index (χ1) is 8.97. The van der Waals surface area contributed by atoms with Crippen molar-refractivity contribution in [3.63, 3.8) is 0 Å². The number of hydrogen-bond acceptors (Lipinski definition) is 2. The lowest BCUT2D eigenvalue weighted by Crippen LogP contribution is -2.25. The maximum absolute atomic E-state index is 6.30. The molecule has 1 fully saturated rings. The molecule has 2 heteroatoms. The first kappa shape index (κ1) is 14.5. The van der Waals surface area contributed by atoms with E-state index in [0.717, 1.165) is 19.4 Å². The summed E-state index contributed by atoms with van der Waals surface area (Å²) in [5, 5.41) is 0. The number of rotatable bonds is 3. The normalized spacial score (nSPS) is 22.2. The van der Waals surface area contributed by atoms with Crippen LogP contribution in [0.4, 0.5) is 0 Å². The number of ether oxygens (including phenoxy) is 1. The molecule has 0 bridgehead atoms. The van der Waals surface area contributed by atoms with E-state index in [4.69, 9.17) is 10.5 Å². The SMILES string of the molecule is CC(C)(C)c1ccc(C(N)CC2CCCCO2)cc1. The fourth-order valence-corrected chi connectivity index (χ4v) is 2.64. The second kappa shape index (κ2) is 6.06. The summed E-state index contributed by atoms with van der Waals surface area (Å²) in [6.07, 6.45) is 4.93. The number of benzene rings is 1. The smallest absolute Gasteiger partial charge is 0.0593 e. The molecule has 0 saturated carbocycles. The average Bonchev–Trinajstić information content (AvgIpc) is 2.39. The molecule has 1 aliphatic heterocycles. The summed E-state index contributed by atoms with van der Waals surface area (Å²) in [5.74, 6) is 0. The van der Waals surface area contributed by atoms with Gasteiger partial charge in [0, 0.05) is 12.6 Å². The van der Waals surface area contributed by atoms with Gasteiger partial charge in [0.15, 0.2) is 0 Å². The Morgan fingerprint density at radius 2 is 1.89 bits per heavy atom. The average molecular weight is 261 g/mol. The van der Waals surface area contributed by atoms with E-state index in [1.165, 1.54) is 24.0 Å².